The number of nitrogens with one attached hydrogen (secondary N) is 1. The highest BCUT2D eigenvalue weighted by Gasteiger charge is 2.45. The lowest BCUT2D eigenvalue weighted by Crippen LogP contribution is -2.44. The van der Waals surface area contributed by atoms with Gasteiger partial charge in [-0.1, -0.05) is 0 Å². The molecule has 6 heterocycles. The molecule has 2 aliphatic rings. The molecule has 74 heavy (non-hydrogen) atoms. The smallest absolute Gasteiger partial charge is 0.305 e. The van der Waals surface area contributed by atoms with Crippen LogP contribution in [-0.4, -0.2) is 100 Å². The zero-order valence-corrected chi connectivity index (χ0v) is 41.0. The molecule has 2 aliphatic heterocycles. The van der Waals surface area contributed by atoms with Crippen LogP contribution in [0.15, 0.2) is 120 Å². The van der Waals surface area contributed by atoms with Crippen LogP contribution in [0.3, 0.4) is 0 Å². The molecule has 28 heteroatoms. The summed E-state index contributed by atoms with van der Waals surface area (Å²) in [7, 11) is -2.98. The lowest BCUT2D eigenvalue weighted by molar-refractivity contribution is -0.141. The maximum absolute atomic E-state index is 14.6. The average Bonchev–Trinajstić information content (AvgIpc) is 3.98. The molecule has 4 aromatic heterocycles. The van der Waals surface area contributed by atoms with Gasteiger partial charge in [-0.25, -0.2) is 54.3 Å². The van der Waals surface area contributed by atoms with Gasteiger partial charge in [-0.15, -0.1) is 12.4 Å². The second kappa shape index (κ2) is 25.0. The van der Waals surface area contributed by atoms with E-state index in [-0.39, 0.29) is 65.9 Å². The quantitative estimate of drug-likeness (QED) is 0.0851. The Bertz CT molecular complexity index is 3100. The summed E-state index contributed by atoms with van der Waals surface area (Å²) in [6.07, 6.45) is -7.00. The summed E-state index contributed by atoms with van der Waals surface area (Å²) >= 11 is 0. The highest BCUT2D eigenvalue weighted by atomic mass is 35.7. The number of pyridine rings is 2. The lowest BCUT2D eigenvalue weighted by atomic mass is 10.0. The van der Waals surface area contributed by atoms with E-state index in [2.05, 4.69) is 35.2 Å². The van der Waals surface area contributed by atoms with Crippen LogP contribution in [0.1, 0.15) is 48.5 Å². The molecule has 396 valence electrons. The molecule has 2 aromatic carbocycles. The van der Waals surface area contributed by atoms with Crippen LogP contribution in [-0.2, 0) is 53.9 Å². The van der Waals surface area contributed by atoms with Crippen LogP contribution in [0.4, 0.5) is 43.9 Å². The Morgan fingerprint density at radius 2 is 1.08 bits per heavy atom. The monoisotopic (exact) mass is 1120 g/mol. The van der Waals surface area contributed by atoms with E-state index in [1.165, 1.54) is 30.9 Å². The maximum Gasteiger partial charge on any atom is 0.433 e. The number of aromatic nitrogens is 6. The summed E-state index contributed by atoms with van der Waals surface area (Å²) in [5.41, 5.74) is 0.272. The summed E-state index contributed by atoms with van der Waals surface area (Å²) in [6, 6.07) is 13.3. The van der Waals surface area contributed by atoms with E-state index in [1.807, 2.05) is 0 Å². The first-order valence-corrected chi connectivity index (χ1v) is 25.3. The molecule has 14 nitrogen and oxygen atoms in total. The summed E-state index contributed by atoms with van der Waals surface area (Å²) in [6.45, 7) is 0.284. The van der Waals surface area contributed by atoms with Gasteiger partial charge >= 0.3 is 12.4 Å². The minimum atomic E-state index is -4.58. The van der Waals surface area contributed by atoms with Crippen LogP contribution in [0, 0.1) is 11.6 Å². The molecule has 6 aromatic rings. The SMILES string of the molecule is Cl.O=C(CCc1cc(-c2ccc(C(F)(F)F)nc2)ncn1)[C@@H]1[C@@H](F)CCN1S(=O)(=O)c1ccc(F)cc1.O=C(CCc1cc(-c2ccc(C(F)(F)F)nc2)ncn1)[C@H]1NCC[C@@H]1F.O=S(=O)(Cl)c1ccc(F)cc1. The summed E-state index contributed by atoms with van der Waals surface area (Å²) in [5, 5.41) is 2.84. The fourth-order valence-electron chi connectivity index (χ4n) is 7.30. The number of ketones is 2. The maximum atomic E-state index is 14.6. The molecule has 0 saturated carbocycles. The number of aryl methyl sites for hydroxylation is 2. The number of alkyl halides is 8. The van der Waals surface area contributed by atoms with Crippen molar-refractivity contribution in [2.75, 3.05) is 13.1 Å². The summed E-state index contributed by atoms with van der Waals surface area (Å²) in [5.74, 6) is -2.00. The van der Waals surface area contributed by atoms with Crippen molar-refractivity contribution < 1.29 is 70.3 Å². The number of halogens is 12. The predicted octanol–water partition coefficient (Wildman–Crippen LogP) is 8.93. The molecular formula is C46H40Cl2F10N8O6S2. The highest BCUT2D eigenvalue weighted by molar-refractivity contribution is 8.13. The van der Waals surface area contributed by atoms with E-state index in [9.17, 15) is 70.3 Å². The third kappa shape index (κ3) is 15.7. The van der Waals surface area contributed by atoms with Crippen molar-refractivity contribution in [2.24, 2.45) is 0 Å². The van der Waals surface area contributed by atoms with E-state index in [0.717, 1.165) is 77.4 Å². The Kier molecular flexibility index (Phi) is 19.9. The van der Waals surface area contributed by atoms with Crippen molar-refractivity contribution in [3.8, 4) is 22.5 Å². The fourth-order valence-corrected chi connectivity index (χ4v) is 9.72. The van der Waals surface area contributed by atoms with Gasteiger partial charge in [0, 0.05) is 65.0 Å². The number of benzene rings is 2. The predicted molar refractivity (Wildman–Crippen MR) is 249 cm³/mol. The molecule has 1 N–H and O–H groups in total. The number of Topliss-reactive ketones (excluding diaryl/α,β-unsaturated/α-hetero) is 2. The molecular weight excluding hydrogens is 1090 g/mol. The van der Waals surface area contributed by atoms with E-state index in [0.29, 0.717) is 47.6 Å². The third-order valence-electron chi connectivity index (χ3n) is 11.0. The van der Waals surface area contributed by atoms with Crippen molar-refractivity contribution in [3.05, 3.63) is 144 Å². The van der Waals surface area contributed by atoms with Crippen LogP contribution < -0.4 is 5.32 Å². The van der Waals surface area contributed by atoms with Crippen molar-refractivity contribution in [2.45, 2.75) is 85.1 Å². The highest BCUT2D eigenvalue weighted by Crippen LogP contribution is 2.32. The van der Waals surface area contributed by atoms with E-state index >= 15 is 0 Å². The van der Waals surface area contributed by atoms with Crippen LogP contribution in [0.2, 0.25) is 0 Å². The second-order valence-electron chi connectivity index (χ2n) is 16.0. The van der Waals surface area contributed by atoms with Gasteiger partial charge in [0.05, 0.1) is 27.2 Å². The topological polar surface area (TPSA) is 195 Å². The lowest BCUT2D eigenvalue weighted by Gasteiger charge is -2.24. The molecule has 0 bridgehead atoms. The van der Waals surface area contributed by atoms with E-state index in [4.69, 9.17) is 10.7 Å². The number of hydrogen-bond acceptors (Lipinski definition) is 13. The van der Waals surface area contributed by atoms with Gasteiger partial charge in [0.1, 0.15) is 54.1 Å². The minimum absolute atomic E-state index is 0. The molecule has 0 unspecified atom stereocenters. The first kappa shape index (κ1) is 58.8. The van der Waals surface area contributed by atoms with Gasteiger partial charge in [-0.3, -0.25) is 19.6 Å². The van der Waals surface area contributed by atoms with Crippen LogP contribution in [0.25, 0.3) is 22.5 Å². The Labute approximate surface area is 427 Å². The Morgan fingerprint density at radius 3 is 1.49 bits per heavy atom. The van der Waals surface area contributed by atoms with Gasteiger partial charge in [-0.05, 0) is 117 Å². The number of carbonyl (C=O) groups excluding carboxylic acids is 2. The summed E-state index contributed by atoms with van der Waals surface area (Å²) in [4.78, 5) is 47.5. The van der Waals surface area contributed by atoms with Gasteiger partial charge in [0.2, 0.25) is 10.0 Å². The third-order valence-corrected chi connectivity index (χ3v) is 14.3. The van der Waals surface area contributed by atoms with Crippen LogP contribution in [0.5, 0.6) is 0 Å². The molecule has 2 fully saturated rings. The van der Waals surface area contributed by atoms with Crippen molar-refractivity contribution in [1.29, 1.82) is 0 Å². The Balaban J connectivity index is 0.000000232. The van der Waals surface area contributed by atoms with Crippen LogP contribution >= 0.6 is 23.1 Å². The van der Waals surface area contributed by atoms with Gasteiger partial charge in [0.15, 0.2) is 11.6 Å². The largest absolute Gasteiger partial charge is 0.433 e. The molecule has 4 atom stereocenters. The zero-order valence-electron chi connectivity index (χ0n) is 37.8. The number of carbonyl (C=O) groups is 2. The second-order valence-corrected chi connectivity index (χ2v) is 20.5. The van der Waals surface area contributed by atoms with Crippen molar-refractivity contribution >= 4 is 53.7 Å². The van der Waals surface area contributed by atoms with Gasteiger partial charge < -0.3 is 5.32 Å². The standard InChI is InChI=1S/C23H19F5N4O3S.C17H16F4N4O.C6H4ClFO2S.ClH/c24-15-2-5-17(6-3-15)36(34,35)32-10-9-18(25)22(32)20(33)7-4-16-11-19(31-13-30-16)14-1-8-21(29-12-14)23(26,27)28;18-12-5-6-22-16(12)14(26)3-2-11-7-13(25-9-24-11)10-1-4-15(23-8-10)17(19,20)21;7-11(9,10)6-3-1-5(8)2-4-6;/h1-3,5-6,8,11-13,18,22H,4,7,9-10H2;1,4,7-9,12,16,22H,2-3,5-6H2;1-4H;1H/t18-,22-;12-,16-;;/m00../s1. The fraction of sp³-hybridized carbons (Fsp3) is 0.304. The van der Waals surface area contributed by atoms with E-state index < -0.39 is 84.7 Å². The van der Waals surface area contributed by atoms with E-state index in [1.54, 1.807) is 6.07 Å². The molecule has 0 spiro atoms. The van der Waals surface area contributed by atoms with Gasteiger partial charge in [0.25, 0.3) is 9.05 Å². The minimum Gasteiger partial charge on any atom is -0.305 e. The first-order valence-electron chi connectivity index (χ1n) is 21.5. The number of sulfonamides is 1. The first-order chi connectivity index (χ1) is 34.3. The molecule has 2 saturated heterocycles. The van der Waals surface area contributed by atoms with Gasteiger partial charge in [-0.2, -0.15) is 30.6 Å². The Hall–Kier alpha value is -6.06. The average molecular weight is 1130 g/mol. The molecule has 0 radical (unpaired) electrons. The molecule has 0 amide bonds. The molecule has 8 rings (SSSR count). The number of nitrogens with zero attached hydrogens (tertiary/aromatic N) is 7. The number of hydrogen-bond donors (Lipinski definition) is 1. The normalized spacial score (nSPS) is 18.0. The number of rotatable bonds is 13. The summed E-state index contributed by atoms with van der Waals surface area (Å²) < 4.78 is 177. The molecule has 0 aliphatic carbocycles. The Morgan fingerprint density at radius 1 is 0.622 bits per heavy atom. The van der Waals surface area contributed by atoms with Crippen molar-refractivity contribution in [3.63, 3.8) is 0 Å². The van der Waals surface area contributed by atoms with Crippen molar-refractivity contribution in [1.82, 2.24) is 39.5 Å². The zero-order chi connectivity index (χ0) is 53.3.